The summed E-state index contributed by atoms with van der Waals surface area (Å²) >= 11 is 0. The molecule has 0 saturated heterocycles. The van der Waals surface area contributed by atoms with Gasteiger partial charge in [-0.05, 0) is 55.7 Å². The highest BCUT2D eigenvalue weighted by Crippen LogP contribution is 2.38. The molecule has 0 unspecified atom stereocenters. The Hall–Kier alpha value is -1.81. The highest BCUT2D eigenvalue weighted by Gasteiger charge is 2.27. The van der Waals surface area contributed by atoms with Crippen LogP contribution in [0.15, 0.2) is 18.2 Å². The Morgan fingerprint density at radius 3 is 2.76 bits per heavy atom. The van der Waals surface area contributed by atoms with E-state index in [4.69, 9.17) is 5.73 Å². The van der Waals surface area contributed by atoms with Crippen LogP contribution in [-0.2, 0) is 6.42 Å². The molecule has 2 aliphatic rings. The summed E-state index contributed by atoms with van der Waals surface area (Å²) in [5.74, 6) is 0.615. The fourth-order valence-electron chi connectivity index (χ4n) is 3.94. The predicted octanol–water partition coefficient (Wildman–Crippen LogP) is 2.44. The van der Waals surface area contributed by atoms with Gasteiger partial charge in [0.05, 0.1) is 0 Å². The summed E-state index contributed by atoms with van der Waals surface area (Å²) in [6.07, 6.45) is 5.42. The monoisotopic (exact) mass is 283 g/mol. The van der Waals surface area contributed by atoms with Gasteiger partial charge in [0.1, 0.15) is 0 Å². The topological polar surface area (TPSA) is 70.9 Å². The van der Waals surface area contributed by atoms with Crippen LogP contribution in [0.1, 0.15) is 53.2 Å². The highest BCUT2D eigenvalue weighted by atomic mass is 16.1. The third kappa shape index (κ3) is 2.05. The van der Waals surface area contributed by atoms with Crippen LogP contribution >= 0.6 is 0 Å². The van der Waals surface area contributed by atoms with Gasteiger partial charge >= 0.3 is 0 Å². The van der Waals surface area contributed by atoms with Crippen LogP contribution in [0.4, 0.5) is 0 Å². The van der Waals surface area contributed by atoms with E-state index in [1.54, 1.807) is 0 Å². The predicted molar refractivity (Wildman–Crippen MR) is 83.5 cm³/mol. The van der Waals surface area contributed by atoms with Crippen LogP contribution in [0.3, 0.4) is 0 Å². The van der Waals surface area contributed by atoms with E-state index in [1.165, 1.54) is 11.3 Å². The Balaban J connectivity index is 1.85. The Morgan fingerprint density at radius 2 is 1.95 bits per heavy atom. The Kier molecular flexibility index (Phi) is 3.00. The van der Waals surface area contributed by atoms with Gasteiger partial charge in [0.15, 0.2) is 0 Å². The maximum absolute atomic E-state index is 12.2. The molecule has 4 rings (SSSR count). The second-order valence-electron chi connectivity index (χ2n) is 6.36. The molecular weight excluding hydrogens is 262 g/mol. The average molecular weight is 283 g/mol. The summed E-state index contributed by atoms with van der Waals surface area (Å²) < 4.78 is 0. The fraction of sp³-hybridized carbons (Fsp3) is 0.471. The van der Waals surface area contributed by atoms with Crippen molar-refractivity contribution in [3.63, 3.8) is 0 Å². The van der Waals surface area contributed by atoms with Crippen molar-refractivity contribution in [2.24, 2.45) is 5.73 Å². The Morgan fingerprint density at radius 1 is 1.14 bits per heavy atom. The number of hydrogen-bond acceptors (Lipinski definition) is 2. The summed E-state index contributed by atoms with van der Waals surface area (Å²) in [6.45, 7) is 0.722. The summed E-state index contributed by atoms with van der Waals surface area (Å²) in [5.41, 5.74) is 10.6. The van der Waals surface area contributed by atoms with E-state index in [0.717, 1.165) is 55.1 Å². The first-order valence-corrected chi connectivity index (χ1v) is 7.91. The van der Waals surface area contributed by atoms with E-state index in [1.807, 2.05) is 12.1 Å². The quantitative estimate of drug-likeness (QED) is 0.752. The highest BCUT2D eigenvalue weighted by molar-refractivity contribution is 6.08. The molecular formula is C17H21N3O. The lowest BCUT2D eigenvalue weighted by Crippen LogP contribution is -2.26. The Labute approximate surface area is 124 Å². The first kappa shape index (κ1) is 12.9. The van der Waals surface area contributed by atoms with Crippen molar-refractivity contribution in [3.05, 3.63) is 35.0 Å². The molecule has 110 valence electrons. The standard InChI is InChI=1S/C17H21N3O/c18-11-6-4-10(5-7-11)16-12-8-9-19-17(21)13-2-1-3-14(20-16)15(12)13/h1-3,10-11,20H,4-9,18H2,(H,19,21). The number of benzene rings is 1. The van der Waals surface area contributed by atoms with Gasteiger partial charge in [0, 0.05) is 34.7 Å². The second-order valence-corrected chi connectivity index (χ2v) is 6.36. The van der Waals surface area contributed by atoms with Crippen LogP contribution in [0.25, 0.3) is 10.9 Å². The first-order valence-electron chi connectivity index (χ1n) is 7.91. The molecule has 0 radical (unpaired) electrons. The molecule has 4 N–H and O–H groups in total. The van der Waals surface area contributed by atoms with Crippen molar-refractivity contribution in [2.45, 2.75) is 44.1 Å². The number of rotatable bonds is 1. The smallest absolute Gasteiger partial charge is 0.251 e. The number of amides is 1. The van der Waals surface area contributed by atoms with E-state index in [9.17, 15) is 4.79 Å². The lowest BCUT2D eigenvalue weighted by molar-refractivity contribution is 0.0957. The second kappa shape index (κ2) is 4.88. The maximum atomic E-state index is 12.2. The number of carbonyl (C=O) groups is 1. The molecule has 21 heavy (non-hydrogen) atoms. The van der Waals surface area contributed by atoms with Crippen molar-refractivity contribution in [1.82, 2.24) is 10.3 Å². The minimum atomic E-state index is 0.0515. The lowest BCUT2D eigenvalue weighted by atomic mass is 9.82. The number of nitrogens with one attached hydrogen (secondary N) is 2. The summed E-state index contributed by atoms with van der Waals surface area (Å²) in [7, 11) is 0. The van der Waals surface area contributed by atoms with Gasteiger partial charge in [-0.15, -0.1) is 0 Å². The maximum Gasteiger partial charge on any atom is 0.251 e. The van der Waals surface area contributed by atoms with Gasteiger partial charge < -0.3 is 16.0 Å². The molecule has 0 bridgehead atoms. The van der Waals surface area contributed by atoms with Gasteiger partial charge in [0.2, 0.25) is 0 Å². The molecule has 2 heterocycles. The largest absolute Gasteiger partial charge is 0.358 e. The minimum absolute atomic E-state index is 0.0515. The van der Waals surface area contributed by atoms with Crippen LogP contribution in [0.5, 0.6) is 0 Å². The molecule has 1 aliphatic heterocycles. The van der Waals surface area contributed by atoms with Gasteiger partial charge in [-0.2, -0.15) is 0 Å². The number of carbonyl (C=O) groups excluding carboxylic acids is 1. The summed E-state index contributed by atoms with van der Waals surface area (Å²) in [4.78, 5) is 15.8. The molecule has 1 aliphatic carbocycles. The van der Waals surface area contributed by atoms with Gasteiger partial charge in [0.25, 0.3) is 5.91 Å². The summed E-state index contributed by atoms with van der Waals surface area (Å²) in [5, 5.41) is 4.14. The van der Waals surface area contributed by atoms with Crippen LogP contribution in [-0.4, -0.2) is 23.5 Å². The van der Waals surface area contributed by atoms with Crippen LogP contribution in [0.2, 0.25) is 0 Å². The number of aromatic amines is 1. The normalized spacial score (nSPS) is 25.7. The van der Waals surface area contributed by atoms with E-state index in [0.29, 0.717) is 12.0 Å². The zero-order valence-electron chi connectivity index (χ0n) is 12.1. The van der Waals surface area contributed by atoms with E-state index >= 15 is 0 Å². The first-order chi connectivity index (χ1) is 10.2. The third-order valence-corrected chi connectivity index (χ3v) is 5.05. The van der Waals surface area contributed by atoms with Crippen LogP contribution in [0, 0.1) is 0 Å². The number of aromatic nitrogens is 1. The van der Waals surface area contributed by atoms with Crippen molar-refractivity contribution < 1.29 is 4.79 Å². The zero-order valence-corrected chi connectivity index (χ0v) is 12.1. The van der Waals surface area contributed by atoms with Gasteiger partial charge in [-0.1, -0.05) is 6.07 Å². The molecule has 0 spiro atoms. The number of hydrogen-bond donors (Lipinski definition) is 3. The molecule has 1 fully saturated rings. The third-order valence-electron chi connectivity index (χ3n) is 5.05. The van der Waals surface area contributed by atoms with E-state index in [2.05, 4.69) is 16.4 Å². The molecule has 1 amide bonds. The van der Waals surface area contributed by atoms with Crippen molar-refractivity contribution in [2.75, 3.05) is 6.54 Å². The SMILES string of the molecule is NC1CCC(c2[nH]c3cccc4c3c2CCNC4=O)CC1. The van der Waals surface area contributed by atoms with Gasteiger partial charge in [-0.25, -0.2) is 0 Å². The van der Waals surface area contributed by atoms with Gasteiger partial charge in [-0.3, -0.25) is 4.79 Å². The molecule has 4 nitrogen and oxygen atoms in total. The summed E-state index contributed by atoms with van der Waals surface area (Å²) in [6, 6.07) is 6.34. The minimum Gasteiger partial charge on any atom is -0.358 e. The molecule has 4 heteroatoms. The lowest BCUT2D eigenvalue weighted by Gasteiger charge is -2.26. The van der Waals surface area contributed by atoms with E-state index in [-0.39, 0.29) is 5.91 Å². The molecule has 1 saturated carbocycles. The molecule has 1 aromatic heterocycles. The number of H-pyrrole nitrogens is 1. The molecule has 1 aromatic carbocycles. The van der Waals surface area contributed by atoms with Crippen molar-refractivity contribution >= 4 is 16.8 Å². The van der Waals surface area contributed by atoms with Crippen LogP contribution < -0.4 is 11.1 Å². The molecule has 2 aromatic rings. The number of nitrogens with two attached hydrogens (primary N) is 1. The fourth-order valence-corrected chi connectivity index (χ4v) is 3.94. The van der Waals surface area contributed by atoms with Crippen molar-refractivity contribution in [3.8, 4) is 0 Å². The van der Waals surface area contributed by atoms with E-state index < -0.39 is 0 Å². The molecule has 0 atom stereocenters. The zero-order chi connectivity index (χ0) is 14.4. The average Bonchev–Trinajstić information content (AvgIpc) is 2.77. The Bertz CT molecular complexity index is 695. The van der Waals surface area contributed by atoms with Crippen molar-refractivity contribution in [1.29, 1.82) is 0 Å².